The van der Waals surface area contributed by atoms with Crippen molar-refractivity contribution in [2.24, 2.45) is 0 Å². The minimum atomic E-state index is 0.592. The molecule has 3 aromatic carbocycles. The lowest BCUT2D eigenvalue weighted by Crippen LogP contribution is -1.89. The lowest BCUT2D eigenvalue weighted by Gasteiger charge is -2.08. The summed E-state index contributed by atoms with van der Waals surface area (Å²) in [6.07, 6.45) is 1.06. The predicted octanol–water partition coefficient (Wildman–Crippen LogP) is 6.05. The van der Waals surface area contributed by atoms with E-state index in [4.69, 9.17) is 0 Å². The Bertz CT molecular complexity index is 826. The molecule has 1 aliphatic rings. The molecule has 0 N–H and O–H groups in total. The summed E-state index contributed by atoms with van der Waals surface area (Å²) >= 11 is 0. The zero-order valence-corrected chi connectivity index (χ0v) is 13.1. The van der Waals surface area contributed by atoms with Crippen molar-refractivity contribution >= 4 is 0 Å². The normalized spacial score (nSPS) is 12.3. The van der Waals surface area contributed by atoms with Crippen molar-refractivity contribution in [3.05, 3.63) is 83.4 Å². The molecular formula is C22H20. The van der Waals surface area contributed by atoms with Crippen molar-refractivity contribution in [2.45, 2.75) is 26.2 Å². The third-order valence-electron chi connectivity index (χ3n) is 4.68. The van der Waals surface area contributed by atoms with Crippen molar-refractivity contribution in [2.75, 3.05) is 0 Å². The van der Waals surface area contributed by atoms with Crippen LogP contribution >= 0.6 is 0 Å². The summed E-state index contributed by atoms with van der Waals surface area (Å²) in [6.45, 7) is 4.52. The zero-order valence-electron chi connectivity index (χ0n) is 13.1. The molecule has 0 heteroatoms. The minimum absolute atomic E-state index is 0.592. The summed E-state index contributed by atoms with van der Waals surface area (Å²) < 4.78 is 0. The number of hydrogen-bond acceptors (Lipinski definition) is 0. The molecule has 22 heavy (non-hydrogen) atoms. The Morgan fingerprint density at radius 1 is 0.682 bits per heavy atom. The van der Waals surface area contributed by atoms with Crippen molar-refractivity contribution in [1.29, 1.82) is 0 Å². The Morgan fingerprint density at radius 3 is 2.09 bits per heavy atom. The monoisotopic (exact) mass is 284 g/mol. The summed E-state index contributed by atoms with van der Waals surface area (Å²) in [4.78, 5) is 0. The molecule has 108 valence electrons. The van der Waals surface area contributed by atoms with Crippen LogP contribution in [0.3, 0.4) is 0 Å². The maximum Gasteiger partial charge on any atom is -0.00131 e. The van der Waals surface area contributed by atoms with E-state index in [1.807, 2.05) is 0 Å². The molecule has 3 aromatic rings. The van der Waals surface area contributed by atoms with Gasteiger partial charge in [0.2, 0.25) is 0 Å². The molecule has 0 nitrogen and oxygen atoms in total. The van der Waals surface area contributed by atoms with Gasteiger partial charge in [0, 0.05) is 0 Å². The van der Waals surface area contributed by atoms with Crippen LogP contribution in [0.1, 0.15) is 36.5 Å². The van der Waals surface area contributed by atoms with Gasteiger partial charge < -0.3 is 0 Å². The van der Waals surface area contributed by atoms with Gasteiger partial charge in [0.15, 0.2) is 0 Å². The van der Waals surface area contributed by atoms with Crippen molar-refractivity contribution < 1.29 is 0 Å². The van der Waals surface area contributed by atoms with E-state index in [9.17, 15) is 0 Å². The van der Waals surface area contributed by atoms with Gasteiger partial charge in [-0.15, -0.1) is 0 Å². The molecular weight excluding hydrogens is 264 g/mol. The zero-order chi connectivity index (χ0) is 15.1. The highest BCUT2D eigenvalue weighted by Gasteiger charge is 2.19. The highest BCUT2D eigenvalue weighted by molar-refractivity contribution is 5.80. The van der Waals surface area contributed by atoms with Crippen LogP contribution in [0.2, 0.25) is 0 Å². The Labute approximate surface area is 132 Å². The Balaban J connectivity index is 1.77. The number of hydrogen-bond donors (Lipinski definition) is 0. The number of benzene rings is 3. The lowest BCUT2D eigenvalue weighted by atomic mass is 9.97. The molecule has 0 amide bonds. The molecule has 0 heterocycles. The van der Waals surface area contributed by atoms with Gasteiger partial charge in [0.05, 0.1) is 0 Å². The van der Waals surface area contributed by atoms with Gasteiger partial charge in [0.1, 0.15) is 0 Å². The molecule has 0 fully saturated rings. The van der Waals surface area contributed by atoms with E-state index in [1.54, 1.807) is 0 Å². The van der Waals surface area contributed by atoms with Gasteiger partial charge in [-0.3, -0.25) is 0 Å². The van der Waals surface area contributed by atoms with Gasteiger partial charge in [-0.25, -0.2) is 0 Å². The van der Waals surface area contributed by atoms with E-state index in [0.29, 0.717) is 5.92 Å². The summed E-state index contributed by atoms with van der Waals surface area (Å²) in [6, 6.07) is 24.5. The van der Waals surface area contributed by atoms with E-state index >= 15 is 0 Å². The quantitative estimate of drug-likeness (QED) is 0.420. The van der Waals surface area contributed by atoms with Crippen LogP contribution < -0.4 is 0 Å². The topological polar surface area (TPSA) is 0 Å². The van der Waals surface area contributed by atoms with Crippen LogP contribution in [0.15, 0.2) is 66.7 Å². The molecule has 0 saturated heterocycles. The van der Waals surface area contributed by atoms with E-state index in [2.05, 4.69) is 80.6 Å². The third-order valence-corrected chi connectivity index (χ3v) is 4.68. The number of fused-ring (bicyclic) bond motifs is 3. The molecule has 0 bridgehead atoms. The van der Waals surface area contributed by atoms with E-state index in [0.717, 1.165) is 6.42 Å². The molecule has 0 unspecified atom stereocenters. The fourth-order valence-corrected chi connectivity index (χ4v) is 3.40. The van der Waals surface area contributed by atoms with E-state index in [1.165, 1.54) is 38.9 Å². The van der Waals surface area contributed by atoms with Gasteiger partial charge in [-0.2, -0.15) is 0 Å². The van der Waals surface area contributed by atoms with Crippen LogP contribution in [-0.4, -0.2) is 0 Å². The largest absolute Gasteiger partial charge is 0.0622 e. The Morgan fingerprint density at radius 2 is 1.36 bits per heavy atom. The summed E-state index contributed by atoms with van der Waals surface area (Å²) in [5.74, 6) is 0.592. The first-order valence-corrected chi connectivity index (χ1v) is 8.04. The molecule has 0 saturated carbocycles. The van der Waals surface area contributed by atoms with Crippen LogP contribution in [0, 0.1) is 0 Å². The average molecular weight is 284 g/mol. The smallest absolute Gasteiger partial charge is 0.00131 e. The van der Waals surface area contributed by atoms with Gasteiger partial charge >= 0.3 is 0 Å². The minimum Gasteiger partial charge on any atom is -0.0622 e. The van der Waals surface area contributed by atoms with E-state index in [-0.39, 0.29) is 0 Å². The van der Waals surface area contributed by atoms with Crippen LogP contribution in [-0.2, 0) is 6.42 Å². The third kappa shape index (κ3) is 2.16. The average Bonchev–Trinajstić information content (AvgIpc) is 2.92. The van der Waals surface area contributed by atoms with Crippen LogP contribution in [0.25, 0.3) is 22.3 Å². The second-order valence-electron chi connectivity index (χ2n) is 6.49. The fourth-order valence-electron chi connectivity index (χ4n) is 3.40. The first kappa shape index (κ1) is 13.3. The standard InChI is InChI=1S/C22H20/c1-15(2)17-8-10-21-19(12-17)14-20-13-18(9-11-22(20)21)16-6-4-3-5-7-16/h3-13,15H,14H2,1-2H3. The summed E-state index contributed by atoms with van der Waals surface area (Å²) in [7, 11) is 0. The van der Waals surface area contributed by atoms with Gasteiger partial charge in [0.25, 0.3) is 0 Å². The predicted molar refractivity (Wildman–Crippen MR) is 94.2 cm³/mol. The second kappa shape index (κ2) is 5.14. The fraction of sp³-hybridized carbons (Fsp3) is 0.182. The molecule has 4 rings (SSSR count). The Kier molecular flexibility index (Phi) is 3.11. The van der Waals surface area contributed by atoms with Gasteiger partial charge in [-0.05, 0) is 51.3 Å². The lowest BCUT2D eigenvalue weighted by molar-refractivity contribution is 0.864. The van der Waals surface area contributed by atoms with Crippen molar-refractivity contribution in [3.63, 3.8) is 0 Å². The second-order valence-corrected chi connectivity index (χ2v) is 6.49. The van der Waals surface area contributed by atoms with Crippen molar-refractivity contribution in [3.8, 4) is 22.3 Å². The number of rotatable bonds is 2. The van der Waals surface area contributed by atoms with Crippen molar-refractivity contribution in [1.82, 2.24) is 0 Å². The van der Waals surface area contributed by atoms with Gasteiger partial charge in [-0.1, -0.05) is 80.6 Å². The first-order chi connectivity index (χ1) is 10.7. The molecule has 0 atom stereocenters. The van der Waals surface area contributed by atoms with Crippen LogP contribution in [0.5, 0.6) is 0 Å². The molecule has 0 radical (unpaired) electrons. The summed E-state index contributed by atoms with van der Waals surface area (Å²) in [5, 5.41) is 0. The maximum absolute atomic E-state index is 2.39. The first-order valence-electron chi connectivity index (χ1n) is 8.04. The Hall–Kier alpha value is -2.34. The SMILES string of the molecule is CC(C)c1ccc2c(c1)Cc1cc(-c3ccccc3)ccc1-2. The van der Waals surface area contributed by atoms with E-state index < -0.39 is 0 Å². The maximum atomic E-state index is 2.39. The molecule has 0 spiro atoms. The summed E-state index contributed by atoms with van der Waals surface area (Å²) in [5.41, 5.74) is 9.81. The molecule has 0 aromatic heterocycles. The highest BCUT2D eigenvalue weighted by Crippen LogP contribution is 2.39. The molecule has 0 aliphatic heterocycles. The molecule has 1 aliphatic carbocycles. The highest BCUT2D eigenvalue weighted by atomic mass is 14.2. The van der Waals surface area contributed by atoms with Crippen LogP contribution in [0.4, 0.5) is 0 Å².